The Morgan fingerprint density at radius 1 is 1.43 bits per heavy atom. The summed E-state index contributed by atoms with van der Waals surface area (Å²) in [6.07, 6.45) is 3.31. The quantitative estimate of drug-likeness (QED) is 0.888. The SMILES string of the molecule is CC1(C)C(NC(=O)c2cc(C(=O)O)co2)C2CCCOC21. The Morgan fingerprint density at radius 2 is 2.19 bits per heavy atom. The lowest BCUT2D eigenvalue weighted by molar-refractivity contribution is -0.189. The van der Waals surface area contributed by atoms with E-state index in [2.05, 4.69) is 19.2 Å². The number of amides is 1. The Morgan fingerprint density at radius 3 is 2.86 bits per heavy atom. The van der Waals surface area contributed by atoms with E-state index in [9.17, 15) is 9.59 Å². The molecule has 2 fully saturated rings. The molecule has 3 atom stereocenters. The summed E-state index contributed by atoms with van der Waals surface area (Å²) in [5.74, 6) is -1.12. The summed E-state index contributed by atoms with van der Waals surface area (Å²) in [5, 5.41) is 11.8. The van der Waals surface area contributed by atoms with Crippen LogP contribution in [0.4, 0.5) is 0 Å². The molecule has 6 nitrogen and oxygen atoms in total. The summed E-state index contributed by atoms with van der Waals surface area (Å²) in [4.78, 5) is 23.0. The van der Waals surface area contributed by atoms with E-state index in [1.54, 1.807) is 0 Å². The lowest BCUT2D eigenvalue weighted by Crippen LogP contribution is -2.70. The van der Waals surface area contributed by atoms with Crippen molar-refractivity contribution in [3.05, 3.63) is 23.7 Å². The zero-order valence-corrected chi connectivity index (χ0v) is 12.1. The van der Waals surface area contributed by atoms with E-state index in [0.29, 0.717) is 5.92 Å². The summed E-state index contributed by atoms with van der Waals surface area (Å²) in [5.41, 5.74) is -0.143. The number of hydrogen-bond acceptors (Lipinski definition) is 4. The molecule has 1 amide bonds. The molecular formula is C15H19NO5. The molecule has 1 aliphatic carbocycles. The van der Waals surface area contributed by atoms with Crippen molar-refractivity contribution in [2.45, 2.75) is 38.8 Å². The van der Waals surface area contributed by atoms with Crippen LogP contribution in [-0.4, -0.2) is 35.7 Å². The highest BCUT2D eigenvalue weighted by atomic mass is 16.5. The van der Waals surface area contributed by atoms with Crippen LogP contribution in [0.1, 0.15) is 47.6 Å². The average Bonchev–Trinajstić information content (AvgIpc) is 2.94. The van der Waals surface area contributed by atoms with Gasteiger partial charge in [0.15, 0.2) is 5.76 Å². The second-order valence-electron chi connectivity index (χ2n) is 6.37. The van der Waals surface area contributed by atoms with Gasteiger partial charge in [-0.25, -0.2) is 4.79 Å². The average molecular weight is 293 g/mol. The molecule has 2 N–H and O–H groups in total. The van der Waals surface area contributed by atoms with Crippen LogP contribution in [-0.2, 0) is 4.74 Å². The highest BCUT2D eigenvalue weighted by molar-refractivity contribution is 5.95. The van der Waals surface area contributed by atoms with Gasteiger partial charge in [-0.3, -0.25) is 4.79 Å². The maximum atomic E-state index is 12.2. The Labute approximate surface area is 122 Å². The molecule has 1 aromatic heterocycles. The Kier molecular flexibility index (Phi) is 3.28. The number of fused-ring (bicyclic) bond motifs is 1. The molecule has 2 heterocycles. The molecule has 1 aromatic rings. The first-order valence-corrected chi connectivity index (χ1v) is 7.15. The Balaban J connectivity index is 1.70. The molecular weight excluding hydrogens is 274 g/mol. The van der Waals surface area contributed by atoms with Crippen molar-refractivity contribution in [2.24, 2.45) is 11.3 Å². The fourth-order valence-corrected chi connectivity index (χ4v) is 3.60. The maximum absolute atomic E-state index is 12.2. The van der Waals surface area contributed by atoms with Crippen molar-refractivity contribution < 1.29 is 23.8 Å². The molecule has 6 heteroatoms. The van der Waals surface area contributed by atoms with Crippen LogP contribution in [0.25, 0.3) is 0 Å². The lowest BCUT2D eigenvalue weighted by atomic mass is 9.55. The Hall–Kier alpha value is -1.82. The number of rotatable bonds is 3. The number of hydrogen-bond donors (Lipinski definition) is 2. The topological polar surface area (TPSA) is 88.8 Å². The van der Waals surface area contributed by atoms with E-state index in [1.807, 2.05) is 0 Å². The number of carbonyl (C=O) groups is 2. The molecule has 0 spiro atoms. The van der Waals surface area contributed by atoms with Crippen LogP contribution in [0.5, 0.6) is 0 Å². The molecule has 2 aliphatic rings. The highest BCUT2D eigenvalue weighted by Crippen LogP contribution is 2.51. The van der Waals surface area contributed by atoms with Gasteiger partial charge in [-0.2, -0.15) is 0 Å². The molecule has 21 heavy (non-hydrogen) atoms. The molecule has 1 aliphatic heterocycles. The summed E-state index contributed by atoms with van der Waals surface area (Å²) >= 11 is 0. The zero-order valence-electron chi connectivity index (χ0n) is 12.1. The maximum Gasteiger partial charge on any atom is 0.338 e. The van der Waals surface area contributed by atoms with Crippen LogP contribution < -0.4 is 5.32 Å². The normalized spacial score (nSPS) is 30.1. The number of ether oxygens (including phenoxy) is 1. The minimum atomic E-state index is -1.11. The number of carbonyl (C=O) groups excluding carboxylic acids is 1. The standard InChI is InChI=1S/C15H19NO5/c1-15(2)11(9-4-3-5-20-12(9)15)16-13(17)10-6-8(7-21-10)14(18)19/h6-7,9,11-12H,3-5H2,1-2H3,(H,16,17)(H,18,19). The van der Waals surface area contributed by atoms with Crippen LogP contribution >= 0.6 is 0 Å². The van der Waals surface area contributed by atoms with Crippen molar-refractivity contribution in [1.29, 1.82) is 0 Å². The van der Waals surface area contributed by atoms with Gasteiger partial charge in [-0.1, -0.05) is 13.8 Å². The third kappa shape index (κ3) is 2.23. The molecule has 3 unspecified atom stereocenters. The van der Waals surface area contributed by atoms with Crippen molar-refractivity contribution in [2.75, 3.05) is 6.61 Å². The summed E-state index contributed by atoms with van der Waals surface area (Å²) in [6.45, 7) is 4.94. The molecule has 3 rings (SSSR count). The third-order valence-corrected chi connectivity index (χ3v) is 4.69. The second-order valence-corrected chi connectivity index (χ2v) is 6.37. The summed E-state index contributed by atoms with van der Waals surface area (Å²) < 4.78 is 10.8. The van der Waals surface area contributed by atoms with Gasteiger partial charge in [0.1, 0.15) is 6.26 Å². The van der Waals surface area contributed by atoms with Crippen molar-refractivity contribution >= 4 is 11.9 Å². The van der Waals surface area contributed by atoms with Gasteiger partial charge in [0.05, 0.1) is 11.7 Å². The molecule has 1 saturated heterocycles. The van der Waals surface area contributed by atoms with Crippen molar-refractivity contribution in [3.63, 3.8) is 0 Å². The van der Waals surface area contributed by atoms with Gasteiger partial charge in [-0.05, 0) is 12.8 Å². The first-order valence-electron chi connectivity index (χ1n) is 7.15. The molecule has 0 aromatic carbocycles. The molecule has 1 saturated carbocycles. The number of carboxylic acid groups (broad SMARTS) is 1. The van der Waals surface area contributed by atoms with E-state index in [0.717, 1.165) is 25.7 Å². The molecule has 0 radical (unpaired) electrons. The van der Waals surface area contributed by atoms with E-state index >= 15 is 0 Å². The number of furan rings is 1. The molecule has 0 bridgehead atoms. The third-order valence-electron chi connectivity index (χ3n) is 4.69. The van der Waals surface area contributed by atoms with Crippen molar-refractivity contribution in [3.8, 4) is 0 Å². The highest BCUT2D eigenvalue weighted by Gasteiger charge is 2.58. The zero-order chi connectivity index (χ0) is 15.2. The fraction of sp³-hybridized carbons (Fsp3) is 0.600. The van der Waals surface area contributed by atoms with Gasteiger partial charge in [0.25, 0.3) is 5.91 Å². The van der Waals surface area contributed by atoms with Gasteiger partial charge < -0.3 is 19.6 Å². The minimum Gasteiger partial charge on any atom is -0.478 e. The van der Waals surface area contributed by atoms with Gasteiger partial charge in [-0.15, -0.1) is 0 Å². The predicted octanol–water partition coefficient (Wildman–Crippen LogP) is 1.91. The largest absolute Gasteiger partial charge is 0.478 e. The summed E-state index contributed by atoms with van der Waals surface area (Å²) in [6, 6.07) is 1.27. The Bertz CT molecular complexity index is 576. The van der Waals surface area contributed by atoms with Crippen LogP contribution in [0.3, 0.4) is 0 Å². The van der Waals surface area contributed by atoms with Crippen LogP contribution in [0, 0.1) is 11.3 Å². The monoisotopic (exact) mass is 293 g/mol. The van der Waals surface area contributed by atoms with Crippen molar-refractivity contribution in [1.82, 2.24) is 5.32 Å². The first-order chi connectivity index (χ1) is 9.91. The smallest absolute Gasteiger partial charge is 0.338 e. The predicted molar refractivity (Wildman–Crippen MR) is 73.2 cm³/mol. The first kappa shape index (κ1) is 14.1. The van der Waals surface area contributed by atoms with Crippen LogP contribution in [0.15, 0.2) is 16.7 Å². The van der Waals surface area contributed by atoms with E-state index in [1.165, 1.54) is 6.07 Å². The van der Waals surface area contributed by atoms with Gasteiger partial charge >= 0.3 is 5.97 Å². The number of nitrogens with one attached hydrogen (secondary N) is 1. The number of carboxylic acids is 1. The van der Waals surface area contributed by atoms with E-state index < -0.39 is 5.97 Å². The second kappa shape index (κ2) is 4.87. The van der Waals surface area contributed by atoms with Gasteiger partial charge in [0.2, 0.25) is 0 Å². The van der Waals surface area contributed by atoms with Crippen LogP contribution in [0.2, 0.25) is 0 Å². The lowest BCUT2D eigenvalue weighted by Gasteiger charge is -2.59. The van der Waals surface area contributed by atoms with E-state index in [4.69, 9.17) is 14.3 Å². The van der Waals surface area contributed by atoms with Gasteiger partial charge in [0, 0.05) is 30.0 Å². The van der Waals surface area contributed by atoms with E-state index in [-0.39, 0.29) is 34.8 Å². The summed E-state index contributed by atoms with van der Waals surface area (Å²) in [7, 11) is 0. The minimum absolute atomic E-state index is 0.0214. The number of aromatic carboxylic acids is 1. The fourth-order valence-electron chi connectivity index (χ4n) is 3.60. The molecule has 114 valence electrons.